The summed E-state index contributed by atoms with van der Waals surface area (Å²) in [5.41, 5.74) is 2.84. The third-order valence-corrected chi connectivity index (χ3v) is 4.09. The highest BCUT2D eigenvalue weighted by atomic mass is 35.5. The first kappa shape index (κ1) is 15.9. The van der Waals surface area contributed by atoms with Crippen molar-refractivity contribution < 1.29 is 23.4 Å². The Morgan fingerprint density at radius 3 is 2.74 bits per heavy atom. The SMILES string of the molecule is Cc1oc(C)c(C(=O)OCc2cc(Cl)cc3c2OCOC3)c1C. The van der Waals surface area contributed by atoms with Crippen LogP contribution in [0, 0.1) is 20.8 Å². The van der Waals surface area contributed by atoms with Crippen LogP contribution in [0.5, 0.6) is 5.75 Å². The molecule has 0 saturated heterocycles. The summed E-state index contributed by atoms with van der Waals surface area (Å²) in [5, 5.41) is 0.551. The molecule has 0 saturated carbocycles. The van der Waals surface area contributed by atoms with E-state index in [4.69, 9.17) is 30.2 Å². The van der Waals surface area contributed by atoms with E-state index in [-0.39, 0.29) is 13.4 Å². The van der Waals surface area contributed by atoms with Crippen molar-refractivity contribution in [1.82, 2.24) is 0 Å². The van der Waals surface area contributed by atoms with Gasteiger partial charge in [0.25, 0.3) is 0 Å². The van der Waals surface area contributed by atoms with Crippen LogP contribution in [0.25, 0.3) is 0 Å². The second-order valence-corrected chi connectivity index (χ2v) is 5.89. The zero-order valence-corrected chi connectivity index (χ0v) is 14.0. The fraction of sp³-hybridized carbons (Fsp3) is 0.353. The van der Waals surface area contributed by atoms with Gasteiger partial charge in [-0.3, -0.25) is 0 Å². The fourth-order valence-corrected chi connectivity index (χ4v) is 2.94. The molecule has 0 aliphatic carbocycles. The van der Waals surface area contributed by atoms with Crippen LogP contribution >= 0.6 is 11.6 Å². The lowest BCUT2D eigenvalue weighted by molar-refractivity contribution is -0.0180. The van der Waals surface area contributed by atoms with E-state index in [1.165, 1.54) is 0 Å². The maximum atomic E-state index is 12.3. The van der Waals surface area contributed by atoms with E-state index in [9.17, 15) is 4.79 Å². The molecule has 0 radical (unpaired) electrons. The minimum absolute atomic E-state index is 0.0742. The van der Waals surface area contributed by atoms with E-state index < -0.39 is 5.97 Å². The monoisotopic (exact) mass is 336 g/mol. The van der Waals surface area contributed by atoms with Gasteiger partial charge in [-0.15, -0.1) is 0 Å². The minimum atomic E-state index is -0.419. The summed E-state index contributed by atoms with van der Waals surface area (Å²) in [6.45, 7) is 6.08. The number of esters is 1. The number of rotatable bonds is 3. The Morgan fingerprint density at radius 2 is 2.04 bits per heavy atom. The summed E-state index contributed by atoms with van der Waals surface area (Å²) in [7, 11) is 0. The smallest absolute Gasteiger partial charge is 0.342 e. The van der Waals surface area contributed by atoms with Crippen molar-refractivity contribution >= 4 is 17.6 Å². The molecule has 0 unspecified atom stereocenters. The van der Waals surface area contributed by atoms with E-state index in [0.717, 1.165) is 22.5 Å². The van der Waals surface area contributed by atoms with Crippen LogP contribution in [-0.2, 0) is 22.7 Å². The molecule has 3 rings (SSSR count). The van der Waals surface area contributed by atoms with Crippen molar-refractivity contribution in [2.75, 3.05) is 6.79 Å². The summed E-state index contributed by atoms with van der Waals surface area (Å²) < 4.78 is 21.6. The molecule has 1 aliphatic heterocycles. The van der Waals surface area contributed by atoms with Crippen molar-refractivity contribution in [3.8, 4) is 5.75 Å². The van der Waals surface area contributed by atoms with Gasteiger partial charge in [-0.25, -0.2) is 4.79 Å². The molecule has 0 N–H and O–H groups in total. The van der Waals surface area contributed by atoms with Gasteiger partial charge >= 0.3 is 5.97 Å². The number of furan rings is 1. The Hall–Kier alpha value is -1.98. The Morgan fingerprint density at radius 1 is 1.26 bits per heavy atom. The Bertz CT molecular complexity index is 763. The van der Waals surface area contributed by atoms with Crippen molar-refractivity contribution in [1.29, 1.82) is 0 Å². The highest BCUT2D eigenvalue weighted by Crippen LogP contribution is 2.32. The number of carbonyl (C=O) groups excluding carboxylic acids is 1. The first-order valence-corrected chi connectivity index (χ1v) is 7.60. The van der Waals surface area contributed by atoms with Gasteiger partial charge < -0.3 is 18.6 Å². The molecule has 0 atom stereocenters. The fourth-order valence-electron chi connectivity index (χ4n) is 2.67. The largest absolute Gasteiger partial charge is 0.467 e. The van der Waals surface area contributed by atoms with Crippen LogP contribution in [0.2, 0.25) is 5.02 Å². The van der Waals surface area contributed by atoms with Gasteiger partial charge in [-0.05, 0) is 32.9 Å². The molecule has 2 aromatic rings. The van der Waals surface area contributed by atoms with E-state index in [1.807, 2.05) is 13.8 Å². The standard InChI is InChI=1S/C17H17ClO5/c1-9-10(2)23-11(3)15(9)17(19)21-7-13-5-14(18)4-12-6-20-8-22-16(12)13/h4-5H,6-8H2,1-3H3. The summed E-state index contributed by atoms with van der Waals surface area (Å²) >= 11 is 6.10. The molecule has 0 fully saturated rings. The van der Waals surface area contributed by atoms with Gasteiger partial charge in [0, 0.05) is 21.7 Å². The zero-order chi connectivity index (χ0) is 16.6. The van der Waals surface area contributed by atoms with Crippen LogP contribution in [0.1, 0.15) is 38.6 Å². The molecule has 1 aromatic carbocycles. The van der Waals surface area contributed by atoms with Crippen molar-refractivity contribution in [2.45, 2.75) is 34.0 Å². The molecule has 1 aliphatic rings. The Balaban J connectivity index is 1.81. The normalized spacial score (nSPS) is 13.4. The summed E-state index contributed by atoms with van der Waals surface area (Å²) in [5.74, 6) is 1.53. The Kier molecular flexibility index (Phi) is 4.33. The third-order valence-electron chi connectivity index (χ3n) is 3.88. The van der Waals surface area contributed by atoms with Crippen molar-refractivity contribution in [3.63, 3.8) is 0 Å². The molecule has 2 heterocycles. The number of hydrogen-bond donors (Lipinski definition) is 0. The van der Waals surface area contributed by atoms with Crippen molar-refractivity contribution in [3.05, 3.63) is 50.9 Å². The molecular weight excluding hydrogens is 320 g/mol. The van der Waals surface area contributed by atoms with Gasteiger partial charge in [-0.2, -0.15) is 0 Å². The van der Waals surface area contributed by atoms with E-state index in [1.54, 1.807) is 19.1 Å². The maximum Gasteiger partial charge on any atom is 0.342 e. The number of halogens is 1. The first-order valence-electron chi connectivity index (χ1n) is 7.23. The maximum absolute atomic E-state index is 12.3. The van der Waals surface area contributed by atoms with Gasteiger partial charge in [0.05, 0.1) is 6.61 Å². The van der Waals surface area contributed by atoms with Crippen LogP contribution in [0.15, 0.2) is 16.5 Å². The molecule has 122 valence electrons. The molecule has 0 bridgehead atoms. The lowest BCUT2D eigenvalue weighted by atomic mass is 10.1. The Labute approximate surface area is 139 Å². The average Bonchev–Trinajstić information content (AvgIpc) is 2.77. The predicted octanol–water partition coefficient (Wildman–Crippen LogP) is 4.08. The quantitative estimate of drug-likeness (QED) is 0.790. The lowest BCUT2D eigenvalue weighted by Crippen LogP contribution is -2.14. The highest BCUT2D eigenvalue weighted by Gasteiger charge is 2.22. The van der Waals surface area contributed by atoms with E-state index >= 15 is 0 Å². The molecule has 23 heavy (non-hydrogen) atoms. The second-order valence-electron chi connectivity index (χ2n) is 5.45. The molecular formula is C17H17ClO5. The number of carbonyl (C=O) groups is 1. The second kappa shape index (κ2) is 6.26. The first-order chi connectivity index (χ1) is 11.0. The third kappa shape index (κ3) is 3.07. The molecule has 0 amide bonds. The molecule has 0 spiro atoms. The average molecular weight is 337 g/mol. The molecule has 6 heteroatoms. The number of hydrogen-bond acceptors (Lipinski definition) is 5. The number of aryl methyl sites for hydroxylation is 2. The van der Waals surface area contributed by atoms with Crippen LogP contribution in [0.4, 0.5) is 0 Å². The molecule has 1 aromatic heterocycles. The number of ether oxygens (including phenoxy) is 3. The van der Waals surface area contributed by atoms with Crippen LogP contribution in [-0.4, -0.2) is 12.8 Å². The van der Waals surface area contributed by atoms with Crippen molar-refractivity contribution in [2.24, 2.45) is 0 Å². The van der Waals surface area contributed by atoms with Gasteiger partial charge in [0.15, 0.2) is 6.79 Å². The van der Waals surface area contributed by atoms with E-state index in [2.05, 4.69) is 0 Å². The van der Waals surface area contributed by atoms with E-state index in [0.29, 0.717) is 28.7 Å². The zero-order valence-electron chi connectivity index (χ0n) is 13.2. The van der Waals surface area contributed by atoms with Gasteiger partial charge in [-0.1, -0.05) is 11.6 Å². The molecule has 5 nitrogen and oxygen atoms in total. The van der Waals surface area contributed by atoms with Crippen LogP contribution in [0.3, 0.4) is 0 Å². The summed E-state index contributed by atoms with van der Waals surface area (Å²) in [6, 6.07) is 3.52. The summed E-state index contributed by atoms with van der Waals surface area (Å²) in [4.78, 5) is 12.3. The number of fused-ring (bicyclic) bond motifs is 1. The highest BCUT2D eigenvalue weighted by molar-refractivity contribution is 6.30. The number of benzene rings is 1. The topological polar surface area (TPSA) is 57.9 Å². The minimum Gasteiger partial charge on any atom is -0.467 e. The summed E-state index contributed by atoms with van der Waals surface area (Å²) in [6.07, 6.45) is 0. The van der Waals surface area contributed by atoms with Crippen LogP contribution < -0.4 is 4.74 Å². The lowest BCUT2D eigenvalue weighted by Gasteiger charge is -2.21. The predicted molar refractivity (Wildman–Crippen MR) is 83.8 cm³/mol. The van der Waals surface area contributed by atoms with Gasteiger partial charge in [0.1, 0.15) is 29.4 Å². The van der Waals surface area contributed by atoms with Gasteiger partial charge in [0.2, 0.25) is 0 Å².